The molecule has 0 bridgehead atoms. The van der Waals surface area contributed by atoms with Gasteiger partial charge in [0.1, 0.15) is 12.2 Å². The highest BCUT2D eigenvalue weighted by Gasteiger charge is 2.47. The lowest BCUT2D eigenvalue weighted by Crippen LogP contribution is -2.56. The highest BCUT2D eigenvalue weighted by molar-refractivity contribution is 7.92. The summed E-state index contributed by atoms with van der Waals surface area (Å²) in [6.45, 7) is 6.48. The van der Waals surface area contributed by atoms with Crippen molar-refractivity contribution in [2.45, 2.75) is 63.2 Å². The molecule has 4 atom stereocenters. The fourth-order valence-corrected chi connectivity index (χ4v) is 5.81. The number of nitrogens with zero attached hydrogens (tertiary/aromatic N) is 1. The molecule has 0 radical (unpaired) electrons. The summed E-state index contributed by atoms with van der Waals surface area (Å²) >= 11 is 12.4. The third-order valence-corrected chi connectivity index (χ3v) is 9.45. The van der Waals surface area contributed by atoms with Crippen molar-refractivity contribution >= 4 is 44.9 Å². The Hall–Kier alpha value is -2.17. The van der Waals surface area contributed by atoms with E-state index in [0.717, 1.165) is 0 Å². The van der Waals surface area contributed by atoms with Crippen LogP contribution in [0.15, 0.2) is 48.5 Å². The maximum Gasteiger partial charge on any atom is 0.253 e. The summed E-state index contributed by atoms with van der Waals surface area (Å²) in [5.41, 5.74) is 2.83. The van der Waals surface area contributed by atoms with Crippen LogP contribution in [-0.2, 0) is 24.2 Å². The number of hydrogen-bond donors (Lipinski definition) is 2. The summed E-state index contributed by atoms with van der Waals surface area (Å²) in [5.74, 6) is -1.67. The van der Waals surface area contributed by atoms with Crippen LogP contribution in [0.2, 0.25) is 10.0 Å². The lowest BCUT2D eigenvalue weighted by Gasteiger charge is -2.47. The summed E-state index contributed by atoms with van der Waals surface area (Å²) in [6, 6.07) is 12.3. The largest absolute Gasteiger partial charge is 0.357 e. The van der Waals surface area contributed by atoms with Crippen LogP contribution in [0.1, 0.15) is 57.4 Å². The van der Waals surface area contributed by atoms with Gasteiger partial charge in [0.05, 0.1) is 23.0 Å². The summed E-state index contributed by atoms with van der Waals surface area (Å²) in [7, 11) is -3.61. The van der Waals surface area contributed by atoms with Crippen molar-refractivity contribution in [2.75, 3.05) is 5.75 Å². The van der Waals surface area contributed by atoms with E-state index >= 15 is 0 Å². The van der Waals surface area contributed by atoms with Crippen molar-refractivity contribution in [2.24, 2.45) is 0 Å². The maximum absolute atomic E-state index is 13.7. The third kappa shape index (κ3) is 6.20. The second-order valence-corrected chi connectivity index (χ2v) is 13.5. The van der Waals surface area contributed by atoms with Gasteiger partial charge in [-0.15, -0.1) is 0 Å². The number of ether oxygens (including phenoxy) is 1. The number of carbonyl (C=O) groups is 2. The first kappa shape index (κ1) is 28.4. The predicted molar refractivity (Wildman–Crippen MR) is 138 cm³/mol. The molecule has 0 unspecified atom stereocenters. The molecule has 11 heteroatoms. The number of carbonyl (C=O) groups excluding carboxylic acids is 2. The van der Waals surface area contributed by atoms with Crippen molar-refractivity contribution in [3.05, 3.63) is 69.7 Å². The minimum atomic E-state index is -3.61. The van der Waals surface area contributed by atoms with Gasteiger partial charge in [-0.05, 0) is 63.1 Å². The molecule has 196 valence electrons. The molecule has 8 nitrogen and oxygen atoms in total. The number of amides is 2. The van der Waals surface area contributed by atoms with Gasteiger partial charge in [-0.25, -0.2) is 13.9 Å². The van der Waals surface area contributed by atoms with Crippen LogP contribution in [0.4, 0.5) is 0 Å². The number of benzene rings is 2. The van der Waals surface area contributed by atoms with Gasteiger partial charge >= 0.3 is 0 Å². The average Bonchev–Trinajstić information content (AvgIpc) is 2.79. The van der Waals surface area contributed by atoms with E-state index < -0.39 is 57.1 Å². The smallest absolute Gasteiger partial charge is 0.253 e. The quantitative estimate of drug-likeness (QED) is 0.383. The minimum absolute atomic E-state index is 0.298. The zero-order chi connectivity index (χ0) is 26.8. The Bertz CT molecular complexity index is 1210. The predicted octanol–water partition coefficient (Wildman–Crippen LogP) is 4.50. The van der Waals surface area contributed by atoms with Gasteiger partial charge < -0.3 is 9.64 Å². The van der Waals surface area contributed by atoms with Gasteiger partial charge in [0.15, 0.2) is 9.84 Å². The van der Waals surface area contributed by atoms with Gasteiger partial charge in [-0.2, -0.15) is 0 Å². The van der Waals surface area contributed by atoms with Crippen molar-refractivity contribution < 1.29 is 28.0 Å². The Kier molecular flexibility index (Phi) is 8.73. The van der Waals surface area contributed by atoms with E-state index in [4.69, 9.17) is 33.1 Å². The molecule has 0 saturated carbocycles. The standard InChI is InChI=1S/C25H30Cl2N2O6S/c1-15(14-36(33,34)25(2,3)4)29-22(16-8-10-18(26)11-9-16)23(17-6-5-7-19(27)12-17)35-20(24(29)31)13-21(30)28-32/h5-12,15,20,22-23,32H,13-14H2,1-4H3,(H,28,30)/t15-,20-,22+,23+/m0/s1. The Morgan fingerprint density at radius 1 is 1.11 bits per heavy atom. The number of hydrogen-bond acceptors (Lipinski definition) is 6. The fourth-order valence-electron chi connectivity index (χ4n) is 4.19. The average molecular weight is 557 g/mol. The molecular weight excluding hydrogens is 527 g/mol. The maximum atomic E-state index is 13.7. The molecule has 0 aromatic heterocycles. The van der Waals surface area contributed by atoms with Crippen LogP contribution >= 0.6 is 23.2 Å². The Morgan fingerprint density at radius 2 is 1.75 bits per heavy atom. The molecule has 2 aromatic carbocycles. The monoisotopic (exact) mass is 556 g/mol. The molecule has 0 aliphatic carbocycles. The first-order chi connectivity index (χ1) is 16.7. The molecule has 3 rings (SSSR count). The van der Waals surface area contributed by atoms with Gasteiger partial charge in [-0.3, -0.25) is 14.8 Å². The van der Waals surface area contributed by atoms with Crippen LogP contribution in [-0.4, -0.2) is 53.0 Å². The highest BCUT2D eigenvalue weighted by atomic mass is 35.5. The Labute approximate surface area is 221 Å². The minimum Gasteiger partial charge on any atom is -0.357 e. The number of hydroxylamine groups is 1. The van der Waals surface area contributed by atoms with Gasteiger partial charge in [0, 0.05) is 16.1 Å². The van der Waals surface area contributed by atoms with Crippen molar-refractivity contribution in [3.8, 4) is 0 Å². The Morgan fingerprint density at radius 3 is 2.31 bits per heavy atom. The molecule has 2 N–H and O–H groups in total. The summed E-state index contributed by atoms with van der Waals surface area (Å²) in [5, 5.41) is 10.00. The zero-order valence-electron chi connectivity index (χ0n) is 20.4. The van der Waals surface area contributed by atoms with E-state index in [9.17, 15) is 18.0 Å². The second kappa shape index (κ2) is 11.1. The van der Waals surface area contributed by atoms with Crippen LogP contribution in [0.25, 0.3) is 0 Å². The molecule has 1 aliphatic heterocycles. The van der Waals surface area contributed by atoms with E-state index in [0.29, 0.717) is 21.2 Å². The first-order valence-corrected chi connectivity index (χ1v) is 13.8. The Balaban J connectivity index is 2.17. The fraction of sp³-hybridized carbons (Fsp3) is 0.440. The number of morpholine rings is 1. The van der Waals surface area contributed by atoms with Crippen LogP contribution in [0.5, 0.6) is 0 Å². The molecule has 1 heterocycles. The zero-order valence-corrected chi connectivity index (χ0v) is 22.8. The third-order valence-electron chi connectivity index (χ3n) is 6.18. The van der Waals surface area contributed by atoms with E-state index in [-0.39, 0.29) is 5.75 Å². The summed E-state index contributed by atoms with van der Waals surface area (Å²) < 4.78 is 31.4. The number of rotatable bonds is 7. The van der Waals surface area contributed by atoms with Gasteiger partial charge in [0.2, 0.25) is 5.91 Å². The topological polar surface area (TPSA) is 113 Å². The van der Waals surface area contributed by atoms with E-state index in [2.05, 4.69) is 0 Å². The second-order valence-electron chi connectivity index (χ2n) is 9.82. The lowest BCUT2D eigenvalue weighted by molar-refractivity contribution is -0.180. The van der Waals surface area contributed by atoms with E-state index in [1.54, 1.807) is 76.2 Å². The van der Waals surface area contributed by atoms with Crippen molar-refractivity contribution in [1.29, 1.82) is 0 Å². The van der Waals surface area contributed by atoms with Gasteiger partial charge in [0.25, 0.3) is 5.91 Å². The summed E-state index contributed by atoms with van der Waals surface area (Å²) in [6.07, 6.45) is -2.50. The lowest BCUT2D eigenvalue weighted by atomic mass is 9.90. The summed E-state index contributed by atoms with van der Waals surface area (Å²) in [4.78, 5) is 27.2. The van der Waals surface area contributed by atoms with Crippen molar-refractivity contribution in [3.63, 3.8) is 0 Å². The first-order valence-electron chi connectivity index (χ1n) is 11.4. The molecular formula is C25H30Cl2N2O6S. The molecule has 1 saturated heterocycles. The molecule has 2 aromatic rings. The molecule has 36 heavy (non-hydrogen) atoms. The van der Waals surface area contributed by atoms with Gasteiger partial charge in [-0.1, -0.05) is 47.5 Å². The van der Waals surface area contributed by atoms with Crippen LogP contribution in [0, 0.1) is 0 Å². The SMILES string of the molecule is C[C@@H](CS(=O)(=O)C(C)(C)C)N1C(=O)[C@H](CC(=O)NO)O[C@H](c2cccc(Cl)c2)[C@H]1c1ccc(Cl)cc1. The number of halogens is 2. The number of nitrogens with one attached hydrogen (secondary N) is 1. The molecule has 2 amide bonds. The molecule has 1 fully saturated rings. The highest BCUT2D eigenvalue weighted by Crippen LogP contribution is 2.44. The number of sulfone groups is 1. The molecule has 1 aliphatic rings. The van der Waals surface area contributed by atoms with Crippen LogP contribution in [0.3, 0.4) is 0 Å². The normalized spacial score (nSPS) is 21.8. The van der Waals surface area contributed by atoms with E-state index in [1.165, 1.54) is 10.4 Å². The van der Waals surface area contributed by atoms with Crippen LogP contribution < -0.4 is 5.48 Å². The van der Waals surface area contributed by atoms with E-state index in [1.807, 2.05) is 0 Å². The molecule has 0 spiro atoms. The van der Waals surface area contributed by atoms with Crippen molar-refractivity contribution in [1.82, 2.24) is 10.4 Å².